The maximum Gasteiger partial charge on any atom is 0.223 e. The molecule has 21 heavy (non-hydrogen) atoms. The Morgan fingerprint density at radius 3 is 3.00 bits per heavy atom. The monoisotopic (exact) mass is 303 g/mol. The molecule has 2 aromatic rings. The summed E-state index contributed by atoms with van der Waals surface area (Å²) in [5.41, 5.74) is 1.83. The molecule has 3 atom stereocenters. The first kappa shape index (κ1) is 14.1. The van der Waals surface area contributed by atoms with Gasteiger partial charge in [0.1, 0.15) is 5.75 Å². The number of phenols is 1. The van der Waals surface area contributed by atoms with Crippen molar-refractivity contribution in [2.24, 2.45) is 5.92 Å². The van der Waals surface area contributed by atoms with Crippen LogP contribution in [0.25, 0.3) is 0 Å². The average Bonchev–Trinajstić information content (AvgIpc) is 3.10. The smallest absolute Gasteiger partial charge is 0.223 e. The van der Waals surface area contributed by atoms with Crippen LogP contribution in [-0.2, 0) is 4.79 Å². The summed E-state index contributed by atoms with van der Waals surface area (Å²) in [6.45, 7) is 0.235. The fraction of sp³-hybridized carbons (Fsp3) is 0.312. The van der Waals surface area contributed by atoms with Gasteiger partial charge in [0.05, 0.1) is 6.10 Å². The van der Waals surface area contributed by atoms with E-state index in [4.69, 9.17) is 0 Å². The summed E-state index contributed by atoms with van der Waals surface area (Å²) in [7, 11) is 0. The number of carbonyl (C=O) groups is 1. The lowest BCUT2D eigenvalue weighted by molar-refractivity contribution is -0.122. The maximum absolute atomic E-state index is 12.1. The number of aliphatic hydroxyl groups excluding tert-OH is 1. The number of rotatable bonds is 5. The van der Waals surface area contributed by atoms with Crippen molar-refractivity contribution in [2.45, 2.75) is 18.4 Å². The number of amides is 1. The first-order valence-corrected chi connectivity index (χ1v) is 7.86. The highest BCUT2D eigenvalue weighted by atomic mass is 32.1. The summed E-state index contributed by atoms with van der Waals surface area (Å²) in [6.07, 6.45) is 0.141. The number of phenolic OH excluding ortho intramolecular Hbond substituents is 1. The largest absolute Gasteiger partial charge is 0.508 e. The van der Waals surface area contributed by atoms with Crippen LogP contribution in [-0.4, -0.2) is 22.7 Å². The lowest BCUT2D eigenvalue weighted by Crippen LogP contribution is -2.29. The molecule has 0 bridgehead atoms. The zero-order chi connectivity index (χ0) is 14.8. The van der Waals surface area contributed by atoms with Crippen LogP contribution >= 0.6 is 11.3 Å². The van der Waals surface area contributed by atoms with E-state index in [2.05, 4.69) is 5.32 Å². The highest BCUT2D eigenvalue weighted by molar-refractivity contribution is 7.07. The third kappa shape index (κ3) is 3.25. The zero-order valence-corrected chi connectivity index (χ0v) is 12.2. The second kappa shape index (κ2) is 5.87. The first-order valence-electron chi connectivity index (χ1n) is 6.92. The van der Waals surface area contributed by atoms with Gasteiger partial charge in [0.2, 0.25) is 5.91 Å². The van der Waals surface area contributed by atoms with E-state index in [1.54, 1.807) is 18.2 Å². The van der Waals surface area contributed by atoms with Crippen molar-refractivity contribution in [1.29, 1.82) is 0 Å². The molecule has 1 unspecified atom stereocenters. The molecule has 0 saturated heterocycles. The van der Waals surface area contributed by atoms with E-state index in [-0.39, 0.29) is 30.0 Å². The van der Waals surface area contributed by atoms with Gasteiger partial charge < -0.3 is 15.5 Å². The van der Waals surface area contributed by atoms with Crippen molar-refractivity contribution in [3.8, 4) is 5.75 Å². The molecule has 1 saturated carbocycles. The number of nitrogens with one attached hydrogen (secondary N) is 1. The van der Waals surface area contributed by atoms with Crippen LogP contribution in [0.2, 0.25) is 0 Å². The van der Waals surface area contributed by atoms with Crippen LogP contribution in [0.4, 0.5) is 0 Å². The summed E-state index contributed by atoms with van der Waals surface area (Å²) in [5, 5.41) is 26.0. The molecule has 1 amide bonds. The number of aliphatic hydroxyl groups is 1. The molecule has 1 aromatic heterocycles. The Morgan fingerprint density at radius 2 is 2.29 bits per heavy atom. The number of benzene rings is 1. The Labute approximate surface area is 127 Å². The van der Waals surface area contributed by atoms with Crippen molar-refractivity contribution >= 4 is 17.2 Å². The Kier molecular flexibility index (Phi) is 3.94. The van der Waals surface area contributed by atoms with Gasteiger partial charge in [-0.3, -0.25) is 4.79 Å². The topological polar surface area (TPSA) is 69.6 Å². The van der Waals surface area contributed by atoms with Gasteiger partial charge in [0, 0.05) is 12.5 Å². The fourth-order valence-electron chi connectivity index (χ4n) is 2.52. The zero-order valence-electron chi connectivity index (χ0n) is 11.4. The summed E-state index contributed by atoms with van der Waals surface area (Å²) >= 11 is 1.52. The average molecular weight is 303 g/mol. The second-order valence-electron chi connectivity index (χ2n) is 5.36. The van der Waals surface area contributed by atoms with Crippen LogP contribution in [0.15, 0.2) is 41.1 Å². The van der Waals surface area contributed by atoms with Gasteiger partial charge in [0.25, 0.3) is 0 Å². The van der Waals surface area contributed by atoms with E-state index >= 15 is 0 Å². The van der Waals surface area contributed by atoms with Gasteiger partial charge in [-0.15, -0.1) is 0 Å². The van der Waals surface area contributed by atoms with Crippen molar-refractivity contribution in [1.82, 2.24) is 5.32 Å². The van der Waals surface area contributed by atoms with E-state index in [0.29, 0.717) is 0 Å². The molecule has 1 aliphatic carbocycles. The van der Waals surface area contributed by atoms with Crippen molar-refractivity contribution in [3.05, 3.63) is 52.2 Å². The Bertz CT molecular complexity index is 626. The maximum atomic E-state index is 12.1. The van der Waals surface area contributed by atoms with Crippen LogP contribution < -0.4 is 5.32 Å². The lowest BCUT2D eigenvalue weighted by Gasteiger charge is -2.10. The molecule has 0 spiro atoms. The molecule has 3 rings (SSSR count). The molecule has 1 aliphatic rings. The molecule has 3 N–H and O–H groups in total. The predicted molar refractivity (Wildman–Crippen MR) is 81.2 cm³/mol. The van der Waals surface area contributed by atoms with E-state index in [0.717, 1.165) is 17.5 Å². The highest BCUT2D eigenvalue weighted by Gasteiger charge is 2.43. The SMILES string of the molecule is O=C(NCC(O)c1ccsc1)[C@@H]1C[C@H]1c1cccc(O)c1. The van der Waals surface area contributed by atoms with E-state index in [9.17, 15) is 15.0 Å². The molecule has 4 nitrogen and oxygen atoms in total. The molecular weight excluding hydrogens is 286 g/mol. The Balaban J connectivity index is 1.51. The van der Waals surface area contributed by atoms with Gasteiger partial charge in [-0.2, -0.15) is 11.3 Å². The number of aromatic hydroxyl groups is 1. The molecular formula is C16H17NO3S. The quantitative estimate of drug-likeness (QED) is 0.794. The first-order chi connectivity index (χ1) is 10.1. The van der Waals surface area contributed by atoms with Crippen molar-refractivity contribution < 1.29 is 15.0 Å². The predicted octanol–water partition coefficient (Wildman–Crippen LogP) is 2.41. The van der Waals surface area contributed by atoms with Gasteiger partial charge in [-0.05, 0) is 52.4 Å². The van der Waals surface area contributed by atoms with Gasteiger partial charge in [0.15, 0.2) is 0 Å². The summed E-state index contributed by atoms with van der Waals surface area (Å²) in [4.78, 5) is 12.1. The molecule has 110 valence electrons. The second-order valence-corrected chi connectivity index (χ2v) is 6.14. The van der Waals surface area contributed by atoms with Gasteiger partial charge in [-0.25, -0.2) is 0 Å². The van der Waals surface area contributed by atoms with Crippen LogP contribution in [0, 0.1) is 5.92 Å². The normalized spacial score (nSPS) is 21.8. The van der Waals surface area contributed by atoms with Gasteiger partial charge in [-0.1, -0.05) is 12.1 Å². The third-order valence-corrected chi connectivity index (χ3v) is 4.52. The highest BCUT2D eigenvalue weighted by Crippen LogP contribution is 2.48. The van der Waals surface area contributed by atoms with Crippen LogP contribution in [0.1, 0.15) is 29.6 Å². The summed E-state index contributed by atoms with van der Waals surface area (Å²) in [5.74, 6) is 0.320. The van der Waals surface area contributed by atoms with E-state index < -0.39 is 6.10 Å². The minimum atomic E-state index is -0.654. The minimum absolute atomic E-state index is 0.0300. The molecule has 0 radical (unpaired) electrons. The summed E-state index contributed by atoms with van der Waals surface area (Å²) < 4.78 is 0. The number of hydrogen-bond acceptors (Lipinski definition) is 4. The van der Waals surface area contributed by atoms with Crippen LogP contribution in [0.3, 0.4) is 0 Å². The van der Waals surface area contributed by atoms with Crippen molar-refractivity contribution in [3.63, 3.8) is 0 Å². The minimum Gasteiger partial charge on any atom is -0.508 e. The fourth-order valence-corrected chi connectivity index (χ4v) is 3.23. The Hall–Kier alpha value is -1.85. The Morgan fingerprint density at radius 1 is 1.43 bits per heavy atom. The van der Waals surface area contributed by atoms with Crippen LogP contribution in [0.5, 0.6) is 5.75 Å². The molecule has 1 fully saturated rings. The number of carbonyl (C=O) groups excluding carboxylic acids is 1. The third-order valence-electron chi connectivity index (χ3n) is 3.82. The van der Waals surface area contributed by atoms with Gasteiger partial charge >= 0.3 is 0 Å². The standard InChI is InChI=1S/C16H17NO3S/c18-12-3-1-2-10(6-12)13-7-14(13)16(20)17-8-15(19)11-4-5-21-9-11/h1-6,9,13-15,18-19H,7-8H2,(H,17,20)/t13-,14+,15?/m0/s1. The summed E-state index contributed by atoms with van der Waals surface area (Å²) in [6, 6.07) is 8.90. The molecule has 1 aromatic carbocycles. The van der Waals surface area contributed by atoms with E-state index in [1.807, 2.05) is 22.9 Å². The number of thiophene rings is 1. The van der Waals surface area contributed by atoms with Crippen molar-refractivity contribution in [2.75, 3.05) is 6.54 Å². The number of hydrogen-bond donors (Lipinski definition) is 3. The lowest BCUT2D eigenvalue weighted by atomic mass is 10.1. The molecule has 0 aliphatic heterocycles. The molecule has 5 heteroatoms. The van der Waals surface area contributed by atoms with E-state index in [1.165, 1.54) is 11.3 Å². The molecule has 1 heterocycles.